The van der Waals surface area contributed by atoms with Crippen LogP contribution in [0, 0.1) is 23.7 Å². The van der Waals surface area contributed by atoms with Gasteiger partial charge in [-0.05, 0) is 49.4 Å². The Labute approximate surface area is 568 Å². The molecule has 0 aromatic rings. The number of phosphoric acid groups is 2. The maximum absolute atomic E-state index is 13.1. The fourth-order valence-corrected chi connectivity index (χ4v) is 12.7. The summed E-state index contributed by atoms with van der Waals surface area (Å²) in [5.74, 6) is 0.978. The highest BCUT2D eigenvalue weighted by Crippen LogP contribution is 2.45. The van der Waals surface area contributed by atoms with Crippen molar-refractivity contribution in [2.75, 3.05) is 39.6 Å². The monoisotopic (exact) mass is 1370 g/mol. The van der Waals surface area contributed by atoms with Crippen molar-refractivity contribution in [3.05, 3.63) is 0 Å². The highest BCUT2D eigenvalue weighted by Gasteiger charge is 2.30. The summed E-state index contributed by atoms with van der Waals surface area (Å²) in [6, 6.07) is 0. The molecule has 0 aliphatic heterocycles. The van der Waals surface area contributed by atoms with Gasteiger partial charge in [-0.15, -0.1) is 0 Å². The third kappa shape index (κ3) is 64.5. The molecule has 0 aliphatic carbocycles. The number of ether oxygens (including phenoxy) is 4. The molecule has 552 valence electrons. The van der Waals surface area contributed by atoms with E-state index in [9.17, 15) is 43.2 Å². The zero-order valence-electron chi connectivity index (χ0n) is 60.9. The molecule has 0 saturated heterocycles. The van der Waals surface area contributed by atoms with Crippen molar-refractivity contribution < 1.29 is 80.2 Å². The first-order chi connectivity index (χ1) is 44.7. The van der Waals surface area contributed by atoms with Crippen molar-refractivity contribution in [3.63, 3.8) is 0 Å². The van der Waals surface area contributed by atoms with Gasteiger partial charge in [0, 0.05) is 25.7 Å². The molecule has 0 rings (SSSR count). The lowest BCUT2D eigenvalue weighted by atomic mass is 9.99. The molecule has 0 aromatic heterocycles. The van der Waals surface area contributed by atoms with Crippen LogP contribution in [0.15, 0.2) is 0 Å². The number of phosphoric ester groups is 2. The second kappa shape index (κ2) is 63.5. The number of hydrogen-bond acceptors (Lipinski definition) is 15. The topological polar surface area (TPSA) is 237 Å². The molecule has 17 nitrogen and oxygen atoms in total. The minimum Gasteiger partial charge on any atom is -0.462 e. The molecule has 8 atom stereocenters. The van der Waals surface area contributed by atoms with Crippen LogP contribution in [0.25, 0.3) is 0 Å². The van der Waals surface area contributed by atoms with E-state index < -0.39 is 97.5 Å². The van der Waals surface area contributed by atoms with Gasteiger partial charge in [0.15, 0.2) is 12.2 Å². The Morgan fingerprint density at radius 3 is 0.763 bits per heavy atom. The molecule has 3 N–H and O–H groups in total. The van der Waals surface area contributed by atoms with Crippen molar-refractivity contribution in [3.8, 4) is 0 Å². The Kier molecular flexibility index (Phi) is 62.2. The molecule has 0 bridgehead atoms. The van der Waals surface area contributed by atoms with Gasteiger partial charge in [0.2, 0.25) is 0 Å². The smallest absolute Gasteiger partial charge is 0.462 e. The molecule has 0 fully saturated rings. The number of aliphatic hydroxyl groups excluding tert-OH is 1. The van der Waals surface area contributed by atoms with Crippen LogP contribution >= 0.6 is 15.6 Å². The Hall–Kier alpha value is -1.94. The average molecular weight is 1370 g/mol. The molecular weight excluding hydrogens is 1220 g/mol. The van der Waals surface area contributed by atoms with Gasteiger partial charge in [-0.2, -0.15) is 0 Å². The first-order valence-electron chi connectivity index (χ1n) is 38.3. The van der Waals surface area contributed by atoms with E-state index in [4.69, 9.17) is 37.0 Å². The molecule has 0 heterocycles. The van der Waals surface area contributed by atoms with E-state index in [-0.39, 0.29) is 25.7 Å². The molecule has 0 saturated carbocycles. The number of carbonyl (C=O) groups is 4. The molecule has 5 unspecified atom stereocenters. The maximum atomic E-state index is 13.1. The van der Waals surface area contributed by atoms with E-state index >= 15 is 0 Å². The Bertz CT molecular complexity index is 1840. The van der Waals surface area contributed by atoms with Crippen molar-refractivity contribution in [1.82, 2.24) is 0 Å². The second-order valence-corrected chi connectivity index (χ2v) is 30.8. The van der Waals surface area contributed by atoms with Crippen LogP contribution in [0.1, 0.15) is 370 Å². The van der Waals surface area contributed by atoms with Gasteiger partial charge in [0.05, 0.1) is 26.4 Å². The summed E-state index contributed by atoms with van der Waals surface area (Å²) in [5, 5.41) is 10.6. The van der Waals surface area contributed by atoms with Crippen LogP contribution < -0.4 is 0 Å². The molecule has 93 heavy (non-hydrogen) atoms. The lowest BCUT2D eigenvalue weighted by molar-refractivity contribution is -0.161. The quantitative estimate of drug-likeness (QED) is 0.0222. The van der Waals surface area contributed by atoms with Crippen LogP contribution in [0.2, 0.25) is 0 Å². The summed E-state index contributed by atoms with van der Waals surface area (Å²) in [7, 11) is -9.91. The summed E-state index contributed by atoms with van der Waals surface area (Å²) in [6.45, 7) is 14.2. The molecule has 0 aromatic carbocycles. The van der Waals surface area contributed by atoms with Crippen LogP contribution in [-0.4, -0.2) is 96.7 Å². The highest BCUT2D eigenvalue weighted by atomic mass is 31.2. The number of esters is 4. The zero-order chi connectivity index (χ0) is 68.9. The molecule has 19 heteroatoms. The van der Waals surface area contributed by atoms with Gasteiger partial charge in [-0.25, -0.2) is 9.13 Å². The predicted molar refractivity (Wildman–Crippen MR) is 377 cm³/mol. The number of hydrogen-bond donors (Lipinski definition) is 3. The number of unbranched alkanes of at least 4 members (excludes halogenated alkanes) is 34. The summed E-state index contributed by atoms with van der Waals surface area (Å²) < 4.78 is 68.4. The first kappa shape index (κ1) is 91.1. The molecule has 0 radical (unpaired) electrons. The predicted octanol–water partition coefficient (Wildman–Crippen LogP) is 21.3. The minimum atomic E-state index is -4.96. The molecule has 0 amide bonds. The number of aliphatic hydroxyl groups is 1. The van der Waals surface area contributed by atoms with Crippen molar-refractivity contribution >= 4 is 39.5 Å². The van der Waals surface area contributed by atoms with E-state index in [0.717, 1.165) is 114 Å². The fraction of sp³-hybridized carbons (Fsp3) is 0.946. The summed E-state index contributed by atoms with van der Waals surface area (Å²) in [4.78, 5) is 72.7. The molecule has 0 spiro atoms. The van der Waals surface area contributed by atoms with Gasteiger partial charge in [0.1, 0.15) is 19.3 Å². The first-order valence-corrected chi connectivity index (χ1v) is 41.3. The van der Waals surface area contributed by atoms with Crippen molar-refractivity contribution in [2.45, 2.75) is 388 Å². The number of carbonyl (C=O) groups excluding carboxylic acids is 4. The fourth-order valence-electron chi connectivity index (χ4n) is 11.1. The largest absolute Gasteiger partial charge is 0.472 e. The lowest BCUT2D eigenvalue weighted by Gasteiger charge is -2.21. The van der Waals surface area contributed by atoms with Gasteiger partial charge in [-0.1, -0.05) is 319 Å². The molecular formula is C74H144O17P2. The van der Waals surface area contributed by atoms with E-state index in [1.165, 1.54) is 167 Å². The summed E-state index contributed by atoms with van der Waals surface area (Å²) >= 11 is 0. The maximum Gasteiger partial charge on any atom is 0.472 e. The number of rotatable bonds is 71. The van der Waals surface area contributed by atoms with Crippen LogP contribution in [0.5, 0.6) is 0 Å². The van der Waals surface area contributed by atoms with Crippen LogP contribution in [0.3, 0.4) is 0 Å². The second-order valence-electron chi connectivity index (χ2n) is 27.9. The van der Waals surface area contributed by atoms with Crippen LogP contribution in [0.4, 0.5) is 0 Å². The minimum absolute atomic E-state index is 0.104. The highest BCUT2D eigenvalue weighted by molar-refractivity contribution is 7.47. The van der Waals surface area contributed by atoms with Gasteiger partial charge >= 0.3 is 39.5 Å². The Morgan fingerprint density at radius 1 is 0.301 bits per heavy atom. The van der Waals surface area contributed by atoms with E-state index in [1.807, 2.05) is 0 Å². The average Bonchev–Trinajstić information content (AvgIpc) is 3.30. The Balaban J connectivity index is 5.25. The SMILES string of the molecule is CCC(C)CCCCCCCCCCCCCCCCC(=O)O[C@H](COC(=O)CCCCCCCCCCCCC(C)CC)COP(=O)(O)OC[C@@H](O)COP(=O)(O)OC[C@@H](COC(=O)CCCCCCCCC(C)C)OC(=O)CCCCCCCCCCC(C)CC. The van der Waals surface area contributed by atoms with E-state index in [1.54, 1.807) is 0 Å². The zero-order valence-corrected chi connectivity index (χ0v) is 62.7. The van der Waals surface area contributed by atoms with E-state index in [0.29, 0.717) is 31.6 Å². The lowest BCUT2D eigenvalue weighted by Crippen LogP contribution is -2.30. The third-order valence-corrected chi connectivity index (χ3v) is 20.1. The standard InChI is InChI=1S/C74H144O17P2/c1-9-65(6)51-43-35-26-20-16-14-12-13-15-17-23-30-40-48-56-73(78)90-69(60-84-71(76)54-46-38-29-22-19-18-21-27-36-44-52-66(7)10-2)62-88-92(80,81)86-58-68(75)59-87-93(82,83)89-63-70(61-85-72(77)55-47-39-33-32-34-42-50-64(4)5)91-74(79)57-49-41-31-25-24-28-37-45-53-67(8)11-3/h64-70,75H,9-63H2,1-8H3,(H,80,81)(H,82,83)/t65?,66?,67?,68-,69-,70-/m1/s1. The van der Waals surface area contributed by atoms with Gasteiger partial charge in [-0.3, -0.25) is 37.3 Å². The molecule has 0 aliphatic rings. The van der Waals surface area contributed by atoms with E-state index in [2.05, 4.69) is 55.4 Å². The normalized spacial score (nSPS) is 15.1. The Morgan fingerprint density at radius 2 is 0.516 bits per heavy atom. The van der Waals surface area contributed by atoms with Crippen molar-refractivity contribution in [1.29, 1.82) is 0 Å². The van der Waals surface area contributed by atoms with Gasteiger partial charge < -0.3 is 33.8 Å². The summed E-state index contributed by atoms with van der Waals surface area (Å²) in [6.07, 6.45) is 47.2. The van der Waals surface area contributed by atoms with Gasteiger partial charge in [0.25, 0.3) is 0 Å². The van der Waals surface area contributed by atoms with Crippen molar-refractivity contribution in [2.24, 2.45) is 23.7 Å². The summed E-state index contributed by atoms with van der Waals surface area (Å²) in [5.41, 5.74) is 0. The third-order valence-electron chi connectivity index (χ3n) is 18.2. The van der Waals surface area contributed by atoms with Crippen LogP contribution in [-0.2, 0) is 65.4 Å².